The molecule has 1 aliphatic heterocycles. The van der Waals surface area contributed by atoms with E-state index in [0.29, 0.717) is 6.54 Å². The lowest BCUT2D eigenvalue weighted by Crippen LogP contribution is -2.22. The zero-order chi connectivity index (χ0) is 7.68. The third-order valence-electron chi connectivity index (χ3n) is 1.93. The summed E-state index contributed by atoms with van der Waals surface area (Å²) in [7, 11) is 0. The van der Waals surface area contributed by atoms with Crippen molar-refractivity contribution in [3.05, 3.63) is 12.7 Å². The first-order valence-electron chi connectivity index (χ1n) is 3.61. The summed E-state index contributed by atoms with van der Waals surface area (Å²) >= 11 is 0. The van der Waals surface area contributed by atoms with Crippen LogP contribution in [-0.4, -0.2) is 39.1 Å². The van der Waals surface area contributed by atoms with Crippen LogP contribution in [0.25, 0.3) is 0 Å². The maximum atomic E-state index is 9.41. The number of nitrogens with one attached hydrogen (secondary N) is 1. The minimum absolute atomic E-state index is 0. The van der Waals surface area contributed by atoms with Gasteiger partial charge in [-0.05, 0) is 0 Å². The highest BCUT2D eigenvalue weighted by atomic mass is 35.5. The lowest BCUT2D eigenvalue weighted by molar-refractivity contribution is 0.144. The van der Waals surface area contributed by atoms with E-state index in [2.05, 4.69) is 15.4 Å². The van der Waals surface area contributed by atoms with Crippen LogP contribution in [0.5, 0.6) is 0 Å². The molecule has 1 fully saturated rings. The summed E-state index contributed by atoms with van der Waals surface area (Å²) in [6.45, 7) is 1.41. The molecular formula is C6H12Cl2N4O. The van der Waals surface area contributed by atoms with E-state index in [9.17, 15) is 5.11 Å². The molecule has 1 saturated heterocycles. The monoisotopic (exact) mass is 226 g/mol. The molecule has 0 saturated carbocycles. The Morgan fingerprint density at radius 3 is 2.62 bits per heavy atom. The van der Waals surface area contributed by atoms with E-state index in [1.165, 1.54) is 6.33 Å². The van der Waals surface area contributed by atoms with Gasteiger partial charge in [0.05, 0.1) is 12.1 Å². The van der Waals surface area contributed by atoms with Gasteiger partial charge in [0.25, 0.3) is 0 Å². The molecule has 1 aliphatic rings. The second-order valence-electron chi connectivity index (χ2n) is 2.67. The quantitative estimate of drug-likeness (QED) is 0.686. The van der Waals surface area contributed by atoms with Crippen molar-refractivity contribution < 1.29 is 5.11 Å². The smallest absolute Gasteiger partial charge is 0.137 e. The second kappa shape index (κ2) is 5.39. The number of aromatic nitrogens is 3. The minimum Gasteiger partial charge on any atom is -0.390 e. The van der Waals surface area contributed by atoms with Crippen LogP contribution in [0.4, 0.5) is 0 Å². The van der Waals surface area contributed by atoms with Gasteiger partial charge in [0, 0.05) is 13.1 Å². The molecule has 76 valence electrons. The predicted octanol–water partition coefficient (Wildman–Crippen LogP) is -0.373. The Labute approximate surface area is 88.4 Å². The molecule has 2 atom stereocenters. The highest BCUT2D eigenvalue weighted by Crippen LogP contribution is 2.12. The molecule has 0 aromatic carbocycles. The van der Waals surface area contributed by atoms with Gasteiger partial charge in [0.1, 0.15) is 12.7 Å². The molecule has 2 N–H and O–H groups in total. The molecule has 0 unspecified atom stereocenters. The van der Waals surface area contributed by atoms with Gasteiger partial charge in [0.2, 0.25) is 0 Å². The number of nitrogens with zero attached hydrogens (tertiary/aromatic N) is 3. The van der Waals surface area contributed by atoms with Crippen molar-refractivity contribution in [2.45, 2.75) is 12.1 Å². The molecular weight excluding hydrogens is 215 g/mol. The van der Waals surface area contributed by atoms with Crippen LogP contribution in [0.2, 0.25) is 0 Å². The molecule has 7 heteroatoms. The topological polar surface area (TPSA) is 63.0 Å². The summed E-state index contributed by atoms with van der Waals surface area (Å²) in [5.41, 5.74) is 0. The lowest BCUT2D eigenvalue weighted by atomic mass is 10.2. The molecule has 0 bridgehead atoms. The van der Waals surface area contributed by atoms with Gasteiger partial charge in [0.15, 0.2) is 0 Å². The van der Waals surface area contributed by atoms with Crippen molar-refractivity contribution in [3.8, 4) is 0 Å². The average Bonchev–Trinajstić information content (AvgIpc) is 2.55. The number of rotatable bonds is 1. The molecule has 0 amide bonds. The highest BCUT2D eigenvalue weighted by molar-refractivity contribution is 5.85. The summed E-state index contributed by atoms with van der Waals surface area (Å²) < 4.78 is 1.69. The van der Waals surface area contributed by atoms with Crippen molar-refractivity contribution in [2.24, 2.45) is 0 Å². The fourth-order valence-corrected chi connectivity index (χ4v) is 1.31. The van der Waals surface area contributed by atoms with Gasteiger partial charge in [-0.1, -0.05) is 0 Å². The number of hydrogen-bond donors (Lipinski definition) is 2. The maximum absolute atomic E-state index is 9.41. The first-order chi connectivity index (χ1) is 5.38. The molecule has 5 nitrogen and oxygen atoms in total. The Bertz CT molecular complexity index is 231. The van der Waals surface area contributed by atoms with Crippen molar-refractivity contribution in [1.29, 1.82) is 0 Å². The van der Waals surface area contributed by atoms with E-state index in [1.54, 1.807) is 11.0 Å². The molecule has 13 heavy (non-hydrogen) atoms. The Morgan fingerprint density at radius 1 is 1.38 bits per heavy atom. The van der Waals surface area contributed by atoms with Gasteiger partial charge in [-0.3, -0.25) is 0 Å². The zero-order valence-corrected chi connectivity index (χ0v) is 8.46. The number of aliphatic hydroxyl groups excluding tert-OH is 1. The molecule has 2 heterocycles. The number of β-amino-alcohol motifs (C(OH)–C–C–N with tert-alkyl or cyclic N) is 1. The summed E-state index contributed by atoms with van der Waals surface area (Å²) in [5.74, 6) is 0. The number of halogens is 2. The van der Waals surface area contributed by atoms with E-state index in [0.717, 1.165) is 6.54 Å². The van der Waals surface area contributed by atoms with Crippen LogP contribution < -0.4 is 5.32 Å². The van der Waals surface area contributed by atoms with Crippen molar-refractivity contribution in [3.63, 3.8) is 0 Å². The van der Waals surface area contributed by atoms with Gasteiger partial charge in [-0.15, -0.1) is 24.8 Å². The van der Waals surface area contributed by atoms with Gasteiger partial charge in [-0.2, -0.15) is 5.10 Å². The van der Waals surface area contributed by atoms with Crippen molar-refractivity contribution in [2.75, 3.05) is 13.1 Å². The van der Waals surface area contributed by atoms with Crippen LogP contribution in [0.3, 0.4) is 0 Å². The normalized spacial score (nSPS) is 26.2. The van der Waals surface area contributed by atoms with Crippen LogP contribution in [-0.2, 0) is 0 Å². The van der Waals surface area contributed by atoms with Crippen LogP contribution in [0.1, 0.15) is 6.04 Å². The summed E-state index contributed by atoms with van der Waals surface area (Å²) in [5, 5.41) is 16.4. The Balaban J connectivity index is 0.000000720. The van der Waals surface area contributed by atoms with Crippen molar-refractivity contribution >= 4 is 24.8 Å². The minimum atomic E-state index is -0.336. The molecule has 2 rings (SSSR count). The van der Waals surface area contributed by atoms with Gasteiger partial charge >= 0.3 is 0 Å². The third-order valence-corrected chi connectivity index (χ3v) is 1.93. The fourth-order valence-electron chi connectivity index (χ4n) is 1.31. The fraction of sp³-hybridized carbons (Fsp3) is 0.667. The summed E-state index contributed by atoms with van der Waals surface area (Å²) in [4.78, 5) is 3.81. The highest BCUT2D eigenvalue weighted by Gasteiger charge is 2.26. The molecule has 1 aromatic rings. The van der Waals surface area contributed by atoms with E-state index in [1.807, 2.05) is 0 Å². The van der Waals surface area contributed by atoms with Crippen LogP contribution in [0, 0.1) is 0 Å². The standard InChI is InChI=1S/C6H10N4O.2ClH/c11-6-2-7-1-5(6)10-4-8-3-9-10;;/h3-7,11H,1-2H2;2*1H/t5-,6-;;/m1../s1. The average molecular weight is 227 g/mol. The molecule has 0 radical (unpaired) electrons. The van der Waals surface area contributed by atoms with Gasteiger partial charge in [-0.25, -0.2) is 9.67 Å². The molecule has 1 aromatic heterocycles. The lowest BCUT2D eigenvalue weighted by Gasteiger charge is -2.11. The van der Waals surface area contributed by atoms with Crippen molar-refractivity contribution in [1.82, 2.24) is 20.1 Å². The molecule has 0 spiro atoms. The SMILES string of the molecule is Cl.Cl.O[C@@H]1CNC[C@H]1n1cncn1. The number of aliphatic hydroxyl groups is 1. The van der Waals surface area contributed by atoms with E-state index in [-0.39, 0.29) is 37.0 Å². The second-order valence-corrected chi connectivity index (χ2v) is 2.67. The van der Waals surface area contributed by atoms with Crippen LogP contribution in [0.15, 0.2) is 12.7 Å². The largest absolute Gasteiger partial charge is 0.390 e. The first-order valence-corrected chi connectivity index (χ1v) is 3.61. The predicted molar refractivity (Wildman–Crippen MR) is 52.4 cm³/mol. The van der Waals surface area contributed by atoms with E-state index >= 15 is 0 Å². The first kappa shape index (κ1) is 12.6. The van der Waals surface area contributed by atoms with Crippen LogP contribution >= 0.6 is 24.8 Å². The Hall–Kier alpha value is -0.360. The molecule has 0 aliphatic carbocycles. The maximum Gasteiger partial charge on any atom is 0.137 e. The van der Waals surface area contributed by atoms with Gasteiger partial charge < -0.3 is 10.4 Å². The Kier molecular flexibility index (Phi) is 5.24. The summed E-state index contributed by atoms with van der Waals surface area (Å²) in [6, 6.07) is 0.0532. The number of hydrogen-bond acceptors (Lipinski definition) is 4. The Morgan fingerprint density at radius 2 is 2.15 bits per heavy atom. The van der Waals surface area contributed by atoms with E-state index in [4.69, 9.17) is 0 Å². The zero-order valence-electron chi connectivity index (χ0n) is 6.83. The third kappa shape index (κ3) is 2.54. The van der Waals surface area contributed by atoms with E-state index < -0.39 is 0 Å². The summed E-state index contributed by atoms with van der Waals surface area (Å²) in [6.07, 6.45) is 2.77.